The molecule has 0 fully saturated rings. The number of nitrogens with one attached hydrogen (secondary N) is 1. The number of aromatic nitrogens is 3. The second kappa shape index (κ2) is 7.56. The van der Waals surface area contributed by atoms with E-state index in [-0.39, 0.29) is 18.4 Å². The van der Waals surface area contributed by atoms with Gasteiger partial charge in [-0.2, -0.15) is 9.78 Å². The van der Waals surface area contributed by atoms with Crippen molar-refractivity contribution in [1.29, 1.82) is 0 Å². The van der Waals surface area contributed by atoms with Crippen LogP contribution in [0.1, 0.15) is 34.7 Å². The molecule has 154 valence electrons. The number of aryl methyl sites for hydroxylation is 2. The number of carbonyl (C=O) groups is 1. The lowest BCUT2D eigenvalue weighted by atomic mass is 9.86. The topological polar surface area (TPSA) is 69.0 Å². The standard InChI is InChI=1S/C24H20N4O2S/c1-4-11-30-17-8-6-16(7-9-17)18-13-21(29)26-23-22(18)15(3)27-28(23)24-25-19-10-5-14(2)12-20(19)31-24/h1,5-10,12,18H,11,13H2,2-3H3,(H,26,29)/t18-/m0/s1. The van der Waals surface area contributed by atoms with Crippen LogP contribution in [0.2, 0.25) is 0 Å². The van der Waals surface area contributed by atoms with E-state index in [0.29, 0.717) is 18.0 Å². The predicted octanol–water partition coefficient (Wildman–Crippen LogP) is 4.58. The summed E-state index contributed by atoms with van der Waals surface area (Å²) in [5.74, 6) is 3.74. The number of fused-ring (bicyclic) bond motifs is 2. The molecular weight excluding hydrogens is 408 g/mol. The van der Waals surface area contributed by atoms with Crippen LogP contribution in [0.4, 0.5) is 5.82 Å². The zero-order valence-electron chi connectivity index (χ0n) is 17.2. The van der Waals surface area contributed by atoms with Gasteiger partial charge in [-0.05, 0) is 49.2 Å². The van der Waals surface area contributed by atoms with Crippen molar-refractivity contribution >= 4 is 33.3 Å². The molecule has 2 aromatic heterocycles. The first kappa shape index (κ1) is 19.3. The fourth-order valence-corrected chi connectivity index (χ4v) is 5.02. The SMILES string of the molecule is C#CCOc1ccc([C@@H]2CC(=O)Nc3c2c(C)nn3-c2nc3ccc(C)cc3s2)cc1. The van der Waals surface area contributed by atoms with Crippen molar-refractivity contribution in [3.8, 4) is 23.2 Å². The van der Waals surface area contributed by atoms with Crippen molar-refractivity contribution in [3.05, 3.63) is 64.8 Å². The van der Waals surface area contributed by atoms with Crippen molar-refractivity contribution in [1.82, 2.24) is 14.8 Å². The summed E-state index contributed by atoms with van der Waals surface area (Å²) >= 11 is 1.56. The van der Waals surface area contributed by atoms with Gasteiger partial charge in [0.2, 0.25) is 11.0 Å². The lowest BCUT2D eigenvalue weighted by molar-refractivity contribution is -0.116. The fourth-order valence-electron chi connectivity index (χ4n) is 4.00. The van der Waals surface area contributed by atoms with Gasteiger partial charge < -0.3 is 10.1 Å². The maximum atomic E-state index is 12.6. The van der Waals surface area contributed by atoms with E-state index >= 15 is 0 Å². The Morgan fingerprint density at radius 3 is 2.84 bits per heavy atom. The molecule has 0 saturated carbocycles. The van der Waals surface area contributed by atoms with Crippen LogP contribution in [0.3, 0.4) is 0 Å². The van der Waals surface area contributed by atoms with Crippen LogP contribution in [-0.4, -0.2) is 27.3 Å². The number of hydrogen-bond acceptors (Lipinski definition) is 5. The van der Waals surface area contributed by atoms with Gasteiger partial charge in [-0.25, -0.2) is 4.98 Å². The average Bonchev–Trinajstić information content (AvgIpc) is 3.32. The first-order valence-electron chi connectivity index (χ1n) is 9.96. The Morgan fingerprint density at radius 1 is 1.26 bits per heavy atom. The minimum atomic E-state index is -0.0872. The van der Waals surface area contributed by atoms with Crippen molar-refractivity contribution in [3.63, 3.8) is 0 Å². The molecule has 1 aliphatic rings. The number of carbonyl (C=O) groups excluding carboxylic acids is 1. The largest absolute Gasteiger partial charge is 0.481 e. The fraction of sp³-hybridized carbons (Fsp3) is 0.208. The van der Waals surface area contributed by atoms with E-state index in [1.165, 1.54) is 5.56 Å². The number of ether oxygens (including phenoxy) is 1. The lowest BCUT2D eigenvalue weighted by Gasteiger charge is -2.24. The van der Waals surface area contributed by atoms with Gasteiger partial charge in [0.05, 0.1) is 15.9 Å². The van der Waals surface area contributed by atoms with E-state index in [1.807, 2.05) is 43.3 Å². The van der Waals surface area contributed by atoms with Gasteiger partial charge in [0.1, 0.15) is 18.2 Å². The number of hydrogen-bond donors (Lipinski definition) is 1. The highest BCUT2D eigenvalue weighted by Gasteiger charge is 2.33. The molecule has 0 radical (unpaired) electrons. The minimum absolute atomic E-state index is 0.0386. The van der Waals surface area contributed by atoms with Gasteiger partial charge in [-0.15, -0.1) is 6.42 Å². The molecule has 7 heteroatoms. The van der Waals surface area contributed by atoms with Crippen LogP contribution >= 0.6 is 11.3 Å². The molecule has 5 rings (SSSR count). The molecule has 0 spiro atoms. The molecule has 1 aliphatic heterocycles. The highest BCUT2D eigenvalue weighted by atomic mass is 32.1. The van der Waals surface area contributed by atoms with Crippen molar-refractivity contribution < 1.29 is 9.53 Å². The molecule has 31 heavy (non-hydrogen) atoms. The monoisotopic (exact) mass is 428 g/mol. The third kappa shape index (κ3) is 3.45. The lowest BCUT2D eigenvalue weighted by Crippen LogP contribution is -2.24. The number of thiazole rings is 1. The van der Waals surface area contributed by atoms with E-state index in [4.69, 9.17) is 21.2 Å². The van der Waals surface area contributed by atoms with Crippen molar-refractivity contribution in [2.75, 3.05) is 11.9 Å². The first-order valence-corrected chi connectivity index (χ1v) is 10.8. The Kier molecular flexibility index (Phi) is 4.72. The Labute approximate surface area is 183 Å². The van der Waals surface area contributed by atoms with Crippen LogP contribution in [0, 0.1) is 26.2 Å². The van der Waals surface area contributed by atoms with E-state index in [0.717, 1.165) is 32.2 Å². The van der Waals surface area contributed by atoms with E-state index in [9.17, 15) is 4.79 Å². The highest BCUT2D eigenvalue weighted by Crippen LogP contribution is 2.41. The molecule has 1 N–H and O–H groups in total. The third-order valence-corrected chi connectivity index (χ3v) is 6.41. The molecule has 0 unspecified atom stereocenters. The minimum Gasteiger partial charge on any atom is -0.481 e. The van der Waals surface area contributed by atoms with Gasteiger partial charge in [0, 0.05) is 17.9 Å². The van der Waals surface area contributed by atoms with Crippen molar-refractivity contribution in [2.24, 2.45) is 0 Å². The smallest absolute Gasteiger partial charge is 0.226 e. The third-order valence-electron chi connectivity index (χ3n) is 5.42. The number of terminal acetylenes is 1. The van der Waals surface area contributed by atoms with Gasteiger partial charge in [0.25, 0.3) is 0 Å². The summed E-state index contributed by atoms with van der Waals surface area (Å²) in [4.78, 5) is 17.4. The molecule has 2 aromatic carbocycles. The molecule has 0 aliphatic carbocycles. The van der Waals surface area contributed by atoms with Gasteiger partial charge >= 0.3 is 0 Å². The quantitative estimate of drug-likeness (QED) is 0.483. The average molecular weight is 429 g/mol. The van der Waals surface area contributed by atoms with E-state index < -0.39 is 0 Å². The number of nitrogens with zero attached hydrogens (tertiary/aromatic N) is 3. The number of amides is 1. The zero-order chi connectivity index (χ0) is 21.5. The van der Waals surface area contributed by atoms with Crippen molar-refractivity contribution in [2.45, 2.75) is 26.2 Å². The van der Waals surface area contributed by atoms with E-state index in [1.54, 1.807) is 16.0 Å². The van der Waals surface area contributed by atoms with Gasteiger partial charge in [-0.1, -0.05) is 35.5 Å². The molecule has 1 atom stereocenters. The molecular formula is C24H20N4O2S. The Morgan fingerprint density at radius 2 is 2.06 bits per heavy atom. The van der Waals surface area contributed by atoms with Crippen LogP contribution in [0.25, 0.3) is 15.3 Å². The molecule has 0 bridgehead atoms. The maximum absolute atomic E-state index is 12.6. The second-order valence-electron chi connectivity index (χ2n) is 7.59. The Balaban J connectivity index is 1.57. The van der Waals surface area contributed by atoms with Gasteiger partial charge in [-0.3, -0.25) is 4.79 Å². The summed E-state index contributed by atoms with van der Waals surface area (Å²) in [5.41, 5.74) is 5.04. The summed E-state index contributed by atoms with van der Waals surface area (Å²) in [6.45, 7) is 4.26. The zero-order valence-corrected chi connectivity index (χ0v) is 18.0. The van der Waals surface area contributed by atoms with Crippen LogP contribution in [-0.2, 0) is 4.79 Å². The van der Waals surface area contributed by atoms with E-state index in [2.05, 4.69) is 24.2 Å². The predicted molar refractivity (Wildman–Crippen MR) is 122 cm³/mol. The summed E-state index contributed by atoms with van der Waals surface area (Å²) in [5, 5.41) is 8.52. The summed E-state index contributed by atoms with van der Waals surface area (Å²) in [6.07, 6.45) is 5.62. The maximum Gasteiger partial charge on any atom is 0.226 e. The molecule has 0 saturated heterocycles. The molecule has 1 amide bonds. The second-order valence-corrected chi connectivity index (χ2v) is 8.60. The summed E-state index contributed by atoms with van der Waals surface area (Å²) < 4.78 is 8.33. The van der Waals surface area contributed by atoms with Crippen LogP contribution < -0.4 is 10.1 Å². The number of rotatable bonds is 4. The number of benzene rings is 2. The molecule has 4 aromatic rings. The van der Waals surface area contributed by atoms with Gasteiger partial charge in [0.15, 0.2) is 0 Å². The summed E-state index contributed by atoms with van der Waals surface area (Å²) in [7, 11) is 0. The highest BCUT2D eigenvalue weighted by molar-refractivity contribution is 7.20. The first-order chi connectivity index (χ1) is 15.0. The number of anilines is 1. The Bertz CT molecular complexity index is 1340. The van der Waals surface area contributed by atoms with Crippen LogP contribution in [0.15, 0.2) is 42.5 Å². The molecule has 3 heterocycles. The van der Waals surface area contributed by atoms with Crippen LogP contribution in [0.5, 0.6) is 5.75 Å². The summed E-state index contributed by atoms with van der Waals surface area (Å²) in [6, 6.07) is 13.9. The Hall–Kier alpha value is -3.63. The molecule has 6 nitrogen and oxygen atoms in total. The normalized spacial score (nSPS) is 15.4.